The molecule has 24 heavy (non-hydrogen) atoms. The van der Waals surface area contributed by atoms with E-state index in [2.05, 4.69) is 10.3 Å². The monoisotopic (exact) mass is 344 g/mol. The number of rotatable bonds is 5. The number of carbonyl (C=O) groups is 2. The number of amides is 1. The van der Waals surface area contributed by atoms with Gasteiger partial charge in [0, 0.05) is 12.1 Å². The number of carboxylic acids is 1. The second kappa shape index (κ2) is 7.13. The van der Waals surface area contributed by atoms with Crippen molar-refractivity contribution in [2.75, 3.05) is 6.54 Å². The lowest BCUT2D eigenvalue weighted by molar-refractivity contribution is -0.150. The van der Waals surface area contributed by atoms with Gasteiger partial charge in [-0.3, -0.25) is 9.59 Å². The highest BCUT2D eigenvalue weighted by molar-refractivity contribution is 7.16. The average Bonchev–Trinajstić information content (AvgIpc) is 3.11. The SMILES string of the molecule is O=C(NCC1(C(=O)O)CCCCC1)c1cnc(-c2ccccc2)s1. The van der Waals surface area contributed by atoms with Crippen LogP contribution in [0, 0.1) is 5.41 Å². The summed E-state index contributed by atoms with van der Waals surface area (Å²) in [6.07, 6.45) is 5.68. The van der Waals surface area contributed by atoms with Crippen molar-refractivity contribution in [3.8, 4) is 10.6 Å². The molecule has 1 fully saturated rings. The molecule has 3 rings (SSSR count). The van der Waals surface area contributed by atoms with Crippen molar-refractivity contribution in [2.24, 2.45) is 5.41 Å². The standard InChI is InChI=1S/C18H20N2O3S/c21-15(20-12-18(17(22)23)9-5-2-6-10-18)14-11-19-16(24-14)13-7-3-1-4-8-13/h1,3-4,7-8,11H,2,5-6,9-10,12H2,(H,20,21)(H,22,23). The van der Waals surface area contributed by atoms with Crippen LogP contribution in [-0.4, -0.2) is 28.5 Å². The molecule has 0 atom stereocenters. The third-order valence-electron chi connectivity index (χ3n) is 4.60. The number of carboxylic acid groups (broad SMARTS) is 1. The number of carbonyl (C=O) groups excluding carboxylic acids is 1. The maximum atomic E-state index is 12.4. The van der Waals surface area contributed by atoms with Crippen molar-refractivity contribution in [2.45, 2.75) is 32.1 Å². The van der Waals surface area contributed by atoms with E-state index in [-0.39, 0.29) is 12.5 Å². The summed E-state index contributed by atoms with van der Waals surface area (Å²) in [4.78, 5) is 28.8. The fourth-order valence-corrected chi connectivity index (χ4v) is 3.96. The van der Waals surface area contributed by atoms with E-state index in [0.29, 0.717) is 17.7 Å². The summed E-state index contributed by atoms with van der Waals surface area (Å²) in [5.74, 6) is -1.06. The number of nitrogens with one attached hydrogen (secondary N) is 1. The lowest BCUT2D eigenvalue weighted by Gasteiger charge is -2.33. The minimum absolute atomic E-state index is 0.180. The molecule has 1 heterocycles. The number of hydrogen-bond acceptors (Lipinski definition) is 4. The van der Waals surface area contributed by atoms with Crippen molar-refractivity contribution in [1.82, 2.24) is 10.3 Å². The first-order chi connectivity index (χ1) is 11.6. The van der Waals surface area contributed by atoms with E-state index in [1.54, 1.807) is 6.20 Å². The Hall–Kier alpha value is -2.21. The van der Waals surface area contributed by atoms with Crippen LogP contribution in [0.4, 0.5) is 0 Å². The van der Waals surface area contributed by atoms with E-state index in [4.69, 9.17) is 0 Å². The van der Waals surface area contributed by atoms with Gasteiger partial charge in [0.05, 0.1) is 11.6 Å². The van der Waals surface area contributed by atoms with Crippen LogP contribution in [0.1, 0.15) is 41.8 Å². The highest BCUT2D eigenvalue weighted by Gasteiger charge is 2.39. The molecule has 0 radical (unpaired) electrons. The molecule has 2 aromatic rings. The molecule has 5 nitrogen and oxygen atoms in total. The van der Waals surface area contributed by atoms with Gasteiger partial charge in [0.2, 0.25) is 0 Å². The lowest BCUT2D eigenvalue weighted by atomic mass is 9.74. The van der Waals surface area contributed by atoms with E-state index < -0.39 is 11.4 Å². The summed E-state index contributed by atoms with van der Waals surface area (Å²) >= 11 is 1.32. The van der Waals surface area contributed by atoms with Gasteiger partial charge in [-0.25, -0.2) is 4.98 Å². The van der Waals surface area contributed by atoms with Gasteiger partial charge < -0.3 is 10.4 Å². The third-order valence-corrected chi connectivity index (χ3v) is 5.65. The summed E-state index contributed by atoms with van der Waals surface area (Å²) in [5, 5.41) is 13.2. The number of aromatic nitrogens is 1. The maximum absolute atomic E-state index is 12.4. The highest BCUT2D eigenvalue weighted by atomic mass is 32.1. The Bertz CT molecular complexity index is 721. The molecule has 0 spiro atoms. The van der Waals surface area contributed by atoms with Gasteiger partial charge in [0.25, 0.3) is 5.91 Å². The fourth-order valence-electron chi connectivity index (χ4n) is 3.12. The fraction of sp³-hybridized carbons (Fsp3) is 0.389. The first-order valence-corrected chi connectivity index (χ1v) is 8.95. The predicted molar refractivity (Wildman–Crippen MR) is 93.0 cm³/mol. The lowest BCUT2D eigenvalue weighted by Crippen LogP contribution is -2.44. The van der Waals surface area contributed by atoms with Crippen molar-refractivity contribution in [3.05, 3.63) is 41.4 Å². The minimum atomic E-state index is -0.819. The molecule has 1 aliphatic rings. The van der Waals surface area contributed by atoms with E-state index >= 15 is 0 Å². The first kappa shape index (κ1) is 16.6. The van der Waals surface area contributed by atoms with Crippen LogP contribution in [0.5, 0.6) is 0 Å². The van der Waals surface area contributed by atoms with E-state index in [1.807, 2.05) is 30.3 Å². The normalized spacial score (nSPS) is 16.5. The Labute approximate surface area is 144 Å². The van der Waals surface area contributed by atoms with E-state index in [0.717, 1.165) is 29.8 Å². The zero-order chi connectivity index (χ0) is 17.0. The average molecular weight is 344 g/mol. The van der Waals surface area contributed by atoms with Crippen LogP contribution >= 0.6 is 11.3 Å². The number of hydrogen-bond donors (Lipinski definition) is 2. The van der Waals surface area contributed by atoms with Crippen LogP contribution in [0.15, 0.2) is 36.5 Å². The van der Waals surface area contributed by atoms with Gasteiger partial charge in [-0.1, -0.05) is 49.6 Å². The topological polar surface area (TPSA) is 79.3 Å². The molecule has 1 amide bonds. The molecular weight excluding hydrogens is 324 g/mol. The van der Waals surface area contributed by atoms with E-state index in [1.165, 1.54) is 11.3 Å². The van der Waals surface area contributed by atoms with Gasteiger partial charge in [-0.05, 0) is 12.8 Å². The van der Waals surface area contributed by atoms with Gasteiger partial charge in [0.1, 0.15) is 9.88 Å². The van der Waals surface area contributed by atoms with Crippen LogP contribution in [0.2, 0.25) is 0 Å². The van der Waals surface area contributed by atoms with Crippen molar-refractivity contribution < 1.29 is 14.7 Å². The Morgan fingerprint density at radius 3 is 2.54 bits per heavy atom. The maximum Gasteiger partial charge on any atom is 0.311 e. The van der Waals surface area contributed by atoms with Gasteiger partial charge in [-0.15, -0.1) is 11.3 Å². The summed E-state index contributed by atoms with van der Waals surface area (Å²) in [6, 6.07) is 9.68. The summed E-state index contributed by atoms with van der Waals surface area (Å²) < 4.78 is 0. The molecular formula is C18H20N2O3S. The number of thiazole rings is 1. The Morgan fingerprint density at radius 1 is 1.17 bits per heavy atom. The number of nitrogens with zero attached hydrogens (tertiary/aromatic N) is 1. The van der Waals surface area contributed by atoms with Crippen molar-refractivity contribution in [1.29, 1.82) is 0 Å². The van der Waals surface area contributed by atoms with Crippen LogP contribution < -0.4 is 5.32 Å². The molecule has 1 aromatic carbocycles. The second-order valence-corrected chi connectivity index (χ2v) is 7.26. The third kappa shape index (κ3) is 3.48. The Balaban J connectivity index is 1.67. The molecule has 126 valence electrons. The molecule has 0 bridgehead atoms. The summed E-state index contributed by atoms with van der Waals surface area (Å²) in [6.45, 7) is 0.180. The Morgan fingerprint density at radius 2 is 1.88 bits per heavy atom. The summed E-state index contributed by atoms with van der Waals surface area (Å²) in [7, 11) is 0. The molecule has 0 unspecified atom stereocenters. The van der Waals surface area contributed by atoms with Crippen molar-refractivity contribution >= 4 is 23.2 Å². The molecule has 1 saturated carbocycles. The smallest absolute Gasteiger partial charge is 0.311 e. The van der Waals surface area contributed by atoms with E-state index in [9.17, 15) is 14.7 Å². The van der Waals surface area contributed by atoms with Gasteiger partial charge in [0.15, 0.2) is 0 Å². The molecule has 6 heteroatoms. The van der Waals surface area contributed by atoms with Crippen molar-refractivity contribution in [3.63, 3.8) is 0 Å². The molecule has 2 N–H and O–H groups in total. The molecule has 0 aliphatic heterocycles. The Kier molecular flexibility index (Phi) is 4.94. The van der Waals surface area contributed by atoms with Gasteiger partial charge in [-0.2, -0.15) is 0 Å². The molecule has 0 saturated heterocycles. The zero-order valence-electron chi connectivity index (χ0n) is 13.3. The van der Waals surface area contributed by atoms with Gasteiger partial charge >= 0.3 is 5.97 Å². The molecule has 1 aliphatic carbocycles. The van der Waals surface area contributed by atoms with Crippen LogP contribution in [-0.2, 0) is 4.79 Å². The first-order valence-electron chi connectivity index (χ1n) is 8.14. The van der Waals surface area contributed by atoms with Crippen LogP contribution in [0.3, 0.4) is 0 Å². The number of aliphatic carboxylic acids is 1. The second-order valence-electron chi connectivity index (χ2n) is 6.22. The quantitative estimate of drug-likeness (QED) is 0.869. The predicted octanol–water partition coefficient (Wildman–Crippen LogP) is 3.58. The summed E-state index contributed by atoms with van der Waals surface area (Å²) in [5.41, 5.74) is 0.150. The van der Waals surface area contributed by atoms with Crippen LogP contribution in [0.25, 0.3) is 10.6 Å². The minimum Gasteiger partial charge on any atom is -0.481 e. The zero-order valence-corrected chi connectivity index (χ0v) is 14.1. The highest BCUT2D eigenvalue weighted by Crippen LogP contribution is 2.36. The molecule has 1 aromatic heterocycles. The largest absolute Gasteiger partial charge is 0.481 e. The number of benzene rings is 1.